The van der Waals surface area contributed by atoms with Gasteiger partial charge in [0, 0.05) is 0 Å². The first-order valence-electron chi connectivity index (χ1n) is 5.85. The number of hydrogen-bond donors (Lipinski definition) is 0. The van der Waals surface area contributed by atoms with Crippen LogP contribution in [0.15, 0.2) is 42.5 Å². The molecule has 3 heteroatoms. The summed E-state index contributed by atoms with van der Waals surface area (Å²) in [4.78, 5) is 0. The first-order valence-corrected chi connectivity index (χ1v) is 7.88. The Morgan fingerprint density at radius 3 is 2.33 bits per heavy atom. The summed E-state index contributed by atoms with van der Waals surface area (Å²) in [5.41, 5.74) is 3.81. The fraction of sp³-hybridized carbons (Fsp3) is 0.133. The number of aryl methyl sites for hydroxylation is 2. The van der Waals surface area contributed by atoms with Gasteiger partial charge in [0.05, 0.1) is 0 Å². The van der Waals surface area contributed by atoms with Crippen LogP contribution in [0.3, 0.4) is 0 Å². The predicted octanol–water partition coefficient (Wildman–Crippen LogP) is 4.03. The molecule has 0 saturated carbocycles. The molecule has 0 atom stereocenters. The van der Waals surface area contributed by atoms with Crippen LogP contribution < -0.4 is 0 Å². The van der Waals surface area contributed by atoms with Crippen LogP contribution in [0.4, 0.5) is 0 Å². The molecule has 0 radical (unpaired) electrons. The van der Waals surface area contributed by atoms with Crippen molar-refractivity contribution in [3.8, 4) is 5.69 Å². The Kier molecular flexibility index (Phi) is 2.98. The summed E-state index contributed by atoms with van der Waals surface area (Å²) >= 11 is 5.88. The summed E-state index contributed by atoms with van der Waals surface area (Å²) in [5, 5.41) is 1.23. The molecule has 18 heavy (non-hydrogen) atoms. The third-order valence-electron chi connectivity index (χ3n) is 2.93. The van der Waals surface area contributed by atoms with Crippen LogP contribution >= 0.6 is 12.2 Å². The normalized spacial score (nSPS) is 11.0. The van der Waals surface area contributed by atoms with Crippen LogP contribution in [0.25, 0.3) is 15.3 Å². The van der Waals surface area contributed by atoms with Gasteiger partial charge in [0.15, 0.2) is 0 Å². The minimum absolute atomic E-state index is 0.272. The van der Waals surface area contributed by atoms with E-state index in [1.165, 1.54) is 26.5 Å². The Hall–Kier alpha value is -1.15. The third-order valence-corrected chi connectivity index (χ3v) is 5.96. The van der Waals surface area contributed by atoms with E-state index in [0.29, 0.717) is 0 Å². The molecule has 1 aromatic heterocycles. The SMILES string of the molecule is Cc1cc(C)cc(-n2[se]c3ccccc3c2=S)c1. The van der Waals surface area contributed by atoms with Gasteiger partial charge in [0.2, 0.25) is 0 Å². The molecule has 0 aliphatic heterocycles. The van der Waals surface area contributed by atoms with Gasteiger partial charge in [-0.2, -0.15) is 0 Å². The summed E-state index contributed by atoms with van der Waals surface area (Å²) in [6.45, 7) is 4.27. The fourth-order valence-corrected chi connectivity index (χ4v) is 4.91. The van der Waals surface area contributed by atoms with Gasteiger partial charge in [-0.05, 0) is 0 Å². The molecular formula is C15H13NSSe. The van der Waals surface area contributed by atoms with Crippen molar-refractivity contribution in [2.75, 3.05) is 0 Å². The number of hydrogen-bond acceptors (Lipinski definition) is 1. The van der Waals surface area contributed by atoms with Crippen LogP contribution in [0.5, 0.6) is 0 Å². The predicted molar refractivity (Wildman–Crippen MR) is 80.5 cm³/mol. The number of rotatable bonds is 1. The Morgan fingerprint density at radius 2 is 1.67 bits per heavy atom. The van der Waals surface area contributed by atoms with Gasteiger partial charge in [-0.3, -0.25) is 0 Å². The van der Waals surface area contributed by atoms with Crippen molar-refractivity contribution in [1.82, 2.24) is 3.56 Å². The maximum atomic E-state index is 5.61. The molecule has 0 amide bonds. The second-order valence-electron chi connectivity index (χ2n) is 4.53. The van der Waals surface area contributed by atoms with E-state index in [2.05, 4.69) is 59.9 Å². The average Bonchev–Trinajstić information content (AvgIpc) is 2.66. The molecule has 0 saturated heterocycles. The topological polar surface area (TPSA) is 4.93 Å². The van der Waals surface area contributed by atoms with Crippen molar-refractivity contribution >= 4 is 36.6 Å². The Balaban J connectivity index is 2.31. The van der Waals surface area contributed by atoms with Gasteiger partial charge in [0.1, 0.15) is 0 Å². The average molecular weight is 318 g/mol. The van der Waals surface area contributed by atoms with Crippen molar-refractivity contribution in [3.63, 3.8) is 0 Å². The summed E-state index contributed by atoms with van der Waals surface area (Å²) in [6.07, 6.45) is 0. The number of fused-ring (bicyclic) bond motifs is 1. The van der Waals surface area contributed by atoms with Crippen molar-refractivity contribution in [2.45, 2.75) is 13.8 Å². The van der Waals surface area contributed by atoms with Crippen molar-refractivity contribution in [2.24, 2.45) is 0 Å². The Morgan fingerprint density at radius 1 is 1.00 bits per heavy atom. The van der Waals surface area contributed by atoms with Gasteiger partial charge in [0.25, 0.3) is 0 Å². The van der Waals surface area contributed by atoms with E-state index < -0.39 is 0 Å². The van der Waals surface area contributed by atoms with E-state index >= 15 is 0 Å². The molecule has 90 valence electrons. The zero-order valence-electron chi connectivity index (χ0n) is 10.3. The second-order valence-corrected chi connectivity index (χ2v) is 6.99. The van der Waals surface area contributed by atoms with E-state index in [-0.39, 0.29) is 14.7 Å². The van der Waals surface area contributed by atoms with Crippen LogP contribution in [0, 0.1) is 18.5 Å². The molecule has 2 aromatic carbocycles. The van der Waals surface area contributed by atoms with Crippen LogP contribution in [-0.2, 0) is 0 Å². The molecule has 1 heterocycles. The van der Waals surface area contributed by atoms with Gasteiger partial charge in [-0.15, -0.1) is 0 Å². The van der Waals surface area contributed by atoms with Crippen molar-refractivity contribution in [3.05, 3.63) is 58.2 Å². The molecule has 3 rings (SSSR count). The van der Waals surface area contributed by atoms with Crippen LogP contribution in [0.2, 0.25) is 0 Å². The number of aromatic nitrogens is 1. The zero-order chi connectivity index (χ0) is 12.7. The van der Waals surface area contributed by atoms with E-state index in [9.17, 15) is 0 Å². The first-order chi connectivity index (χ1) is 8.65. The standard InChI is InChI=1S/C15H13NSSe/c1-10-7-11(2)9-12(8-10)16-15(17)13-5-3-4-6-14(13)18-16/h3-9H,1-2H3. The summed E-state index contributed by atoms with van der Waals surface area (Å²) < 4.78 is 4.64. The van der Waals surface area contributed by atoms with Crippen molar-refractivity contribution < 1.29 is 0 Å². The third kappa shape index (κ3) is 1.99. The molecule has 0 fully saturated rings. The summed E-state index contributed by atoms with van der Waals surface area (Å²) in [7, 11) is 0. The molecule has 0 bridgehead atoms. The summed E-state index contributed by atoms with van der Waals surface area (Å²) in [5.74, 6) is 0. The van der Waals surface area contributed by atoms with Gasteiger partial charge in [-0.1, -0.05) is 0 Å². The molecule has 3 aromatic rings. The van der Waals surface area contributed by atoms with Crippen molar-refractivity contribution in [1.29, 1.82) is 0 Å². The molecule has 1 nitrogen and oxygen atoms in total. The van der Waals surface area contributed by atoms with Gasteiger partial charge >= 0.3 is 118 Å². The first kappa shape index (κ1) is 11.9. The maximum absolute atomic E-state index is 5.61. The number of nitrogens with zero attached hydrogens (tertiary/aromatic N) is 1. The van der Waals surface area contributed by atoms with E-state index in [0.717, 1.165) is 4.64 Å². The Labute approximate surface area is 118 Å². The Bertz CT molecular complexity index is 762. The minimum atomic E-state index is 0.272. The van der Waals surface area contributed by atoms with Crippen LogP contribution in [0.1, 0.15) is 11.1 Å². The quantitative estimate of drug-likeness (QED) is 0.484. The fourth-order valence-electron chi connectivity index (χ4n) is 2.21. The van der Waals surface area contributed by atoms with E-state index in [1.807, 2.05) is 0 Å². The second kappa shape index (κ2) is 4.51. The monoisotopic (exact) mass is 319 g/mol. The molecule has 0 unspecified atom stereocenters. The van der Waals surface area contributed by atoms with Gasteiger partial charge in [-0.25, -0.2) is 0 Å². The van der Waals surface area contributed by atoms with Gasteiger partial charge < -0.3 is 0 Å². The molecule has 0 aliphatic carbocycles. The number of benzene rings is 2. The zero-order valence-corrected chi connectivity index (χ0v) is 12.8. The van der Waals surface area contributed by atoms with Crippen LogP contribution in [-0.4, -0.2) is 18.3 Å². The van der Waals surface area contributed by atoms with E-state index in [1.54, 1.807) is 0 Å². The molecular weight excluding hydrogens is 305 g/mol. The molecule has 0 N–H and O–H groups in total. The molecule has 0 spiro atoms. The van der Waals surface area contributed by atoms with E-state index in [4.69, 9.17) is 12.2 Å². The molecule has 0 aliphatic rings. The summed E-state index contributed by atoms with van der Waals surface area (Å²) in [6, 6.07) is 15.1.